The van der Waals surface area contributed by atoms with Crippen LogP contribution in [0.2, 0.25) is 0 Å². The molecule has 1 saturated heterocycles. The van der Waals surface area contributed by atoms with Crippen LogP contribution in [0.3, 0.4) is 0 Å². The van der Waals surface area contributed by atoms with Crippen LogP contribution in [0.15, 0.2) is 10.5 Å². The Bertz CT molecular complexity index is 506. The van der Waals surface area contributed by atoms with Gasteiger partial charge in [-0.15, -0.1) is 0 Å². The second kappa shape index (κ2) is 5.84. The molecule has 0 bridgehead atoms. The zero-order chi connectivity index (χ0) is 13.8. The fraction of sp³-hybridized carbons (Fsp3) is 0.500. The largest absolute Gasteiger partial charge is 0.454 e. The number of hydrogen-bond acceptors (Lipinski definition) is 6. The molecular weight excluding hydrogens is 248 g/mol. The van der Waals surface area contributed by atoms with Crippen LogP contribution in [0.5, 0.6) is 0 Å². The van der Waals surface area contributed by atoms with Crippen molar-refractivity contribution in [1.29, 1.82) is 5.26 Å². The first kappa shape index (κ1) is 13.5. The number of nitrogens with zero attached hydrogens (tertiary/aromatic N) is 2. The third-order valence-corrected chi connectivity index (χ3v) is 2.98. The van der Waals surface area contributed by atoms with E-state index in [1.807, 2.05) is 5.43 Å². The van der Waals surface area contributed by atoms with E-state index in [0.717, 1.165) is 12.1 Å². The van der Waals surface area contributed by atoms with Crippen molar-refractivity contribution in [2.45, 2.75) is 19.6 Å². The highest BCUT2D eigenvalue weighted by atomic mass is 16.5. The predicted molar refractivity (Wildman–Crippen MR) is 65.7 cm³/mol. The molecule has 1 fully saturated rings. The fourth-order valence-electron chi connectivity index (χ4n) is 2.06. The number of aryl methyl sites for hydroxylation is 1. The van der Waals surface area contributed by atoms with E-state index in [-0.39, 0.29) is 5.76 Å². The zero-order valence-corrected chi connectivity index (χ0v) is 10.7. The number of nitrogens with one attached hydrogen (secondary N) is 1. The second-order valence-corrected chi connectivity index (χ2v) is 4.42. The summed E-state index contributed by atoms with van der Waals surface area (Å²) in [6.45, 7) is 4.12. The molecule has 1 aliphatic heterocycles. The van der Waals surface area contributed by atoms with Gasteiger partial charge in [0.25, 0.3) is 0 Å². The summed E-state index contributed by atoms with van der Waals surface area (Å²) in [4.78, 5) is 13.5. The fourth-order valence-corrected chi connectivity index (χ4v) is 2.06. The maximum absolute atomic E-state index is 11.4. The number of hydrazine groups is 1. The lowest BCUT2D eigenvalue weighted by Gasteiger charge is -2.28. The van der Waals surface area contributed by atoms with E-state index in [2.05, 4.69) is 11.0 Å². The van der Waals surface area contributed by atoms with Crippen LogP contribution >= 0.6 is 0 Å². The lowest BCUT2D eigenvalue weighted by atomic mass is 10.2. The molecule has 1 aromatic heterocycles. The molecule has 7 nitrogen and oxygen atoms in total. The van der Waals surface area contributed by atoms with Crippen molar-refractivity contribution in [2.75, 3.05) is 19.7 Å². The first-order chi connectivity index (χ1) is 9.13. The van der Waals surface area contributed by atoms with Gasteiger partial charge < -0.3 is 9.15 Å². The van der Waals surface area contributed by atoms with Crippen molar-refractivity contribution in [1.82, 2.24) is 10.3 Å². The van der Waals surface area contributed by atoms with E-state index in [1.165, 1.54) is 0 Å². The summed E-state index contributed by atoms with van der Waals surface area (Å²) in [5, 5.41) is 8.84. The Kier molecular flexibility index (Phi) is 4.16. The Morgan fingerprint density at radius 2 is 2.53 bits per heavy atom. The second-order valence-electron chi connectivity index (χ2n) is 4.42. The van der Waals surface area contributed by atoms with Gasteiger partial charge in [0.05, 0.1) is 19.2 Å². The smallest absolute Gasteiger partial charge is 0.301 e. The van der Waals surface area contributed by atoms with Gasteiger partial charge in [-0.05, 0) is 13.0 Å². The molecular formula is C12H16N4O3. The summed E-state index contributed by atoms with van der Waals surface area (Å²) in [7, 11) is 0. The lowest BCUT2D eigenvalue weighted by molar-refractivity contribution is -0.00496. The maximum atomic E-state index is 11.4. The number of carbonyl (C=O) groups excluding carboxylic acids is 1. The quantitative estimate of drug-likeness (QED) is 0.449. The third kappa shape index (κ3) is 3.12. The maximum Gasteiger partial charge on any atom is 0.301 e. The average Bonchev–Trinajstić information content (AvgIpc) is 2.79. The van der Waals surface area contributed by atoms with Crippen molar-refractivity contribution in [3.63, 3.8) is 0 Å². The minimum Gasteiger partial charge on any atom is -0.454 e. The van der Waals surface area contributed by atoms with Crippen molar-refractivity contribution in [2.24, 2.45) is 5.84 Å². The van der Waals surface area contributed by atoms with Crippen LogP contribution in [-0.2, 0) is 11.3 Å². The molecule has 0 radical (unpaired) electrons. The highest BCUT2D eigenvalue weighted by Gasteiger charge is 2.22. The number of nitriles is 1. The normalized spacial score (nSPS) is 19.9. The Hall–Kier alpha value is -1.88. The molecule has 1 amide bonds. The van der Waals surface area contributed by atoms with Crippen LogP contribution in [0.4, 0.5) is 0 Å². The molecule has 0 aromatic carbocycles. The number of morpholine rings is 1. The molecule has 1 aromatic rings. The Morgan fingerprint density at radius 3 is 3.21 bits per heavy atom. The summed E-state index contributed by atoms with van der Waals surface area (Å²) in [6.07, 6.45) is -0.406. The topological polar surface area (TPSA) is 105 Å². The molecule has 1 atom stereocenters. The highest BCUT2D eigenvalue weighted by molar-refractivity contribution is 5.92. The number of hydrogen-bond donors (Lipinski definition) is 2. The molecule has 0 spiro atoms. The van der Waals surface area contributed by atoms with Gasteiger partial charge in [0.2, 0.25) is 0 Å². The monoisotopic (exact) mass is 264 g/mol. The van der Waals surface area contributed by atoms with E-state index in [0.29, 0.717) is 25.5 Å². The molecule has 0 aliphatic carbocycles. The number of carbonyl (C=O) groups is 1. The van der Waals surface area contributed by atoms with Gasteiger partial charge >= 0.3 is 5.91 Å². The van der Waals surface area contributed by atoms with E-state index in [9.17, 15) is 4.79 Å². The van der Waals surface area contributed by atoms with E-state index in [1.54, 1.807) is 13.0 Å². The molecule has 2 rings (SSSR count). The summed E-state index contributed by atoms with van der Waals surface area (Å²) >= 11 is 0. The molecule has 3 N–H and O–H groups in total. The number of rotatable bonds is 3. The first-order valence-corrected chi connectivity index (χ1v) is 5.98. The van der Waals surface area contributed by atoms with E-state index < -0.39 is 12.0 Å². The summed E-state index contributed by atoms with van der Waals surface area (Å²) in [6, 6.07) is 3.90. The SMILES string of the molecule is Cc1cc(CN2CCOC(C#N)C2)oc1C(=O)NN. The van der Waals surface area contributed by atoms with Crippen LogP contribution in [0.1, 0.15) is 21.9 Å². The van der Waals surface area contributed by atoms with Gasteiger partial charge in [-0.2, -0.15) is 5.26 Å². The Labute approximate surface area is 110 Å². The van der Waals surface area contributed by atoms with Gasteiger partial charge in [-0.25, -0.2) is 5.84 Å². The molecule has 2 heterocycles. The summed E-state index contributed by atoms with van der Waals surface area (Å²) in [5.74, 6) is 5.54. The van der Waals surface area contributed by atoms with Crippen molar-refractivity contribution < 1.29 is 13.9 Å². The van der Waals surface area contributed by atoms with Crippen molar-refractivity contribution in [3.8, 4) is 6.07 Å². The van der Waals surface area contributed by atoms with Gasteiger partial charge in [0.1, 0.15) is 5.76 Å². The number of furan rings is 1. The van der Waals surface area contributed by atoms with Crippen LogP contribution in [-0.4, -0.2) is 36.6 Å². The average molecular weight is 264 g/mol. The number of nitrogens with two attached hydrogens (primary N) is 1. The molecule has 102 valence electrons. The van der Waals surface area contributed by atoms with Gasteiger partial charge in [-0.1, -0.05) is 0 Å². The van der Waals surface area contributed by atoms with Gasteiger partial charge in [0.15, 0.2) is 11.9 Å². The minimum atomic E-state index is -0.444. The van der Waals surface area contributed by atoms with E-state index in [4.69, 9.17) is 20.3 Å². The highest BCUT2D eigenvalue weighted by Crippen LogP contribution is 2.17. The number of ether oxygens (including phenoxy) is 1. The molecule has 1 unspecified atom stereocenters. The molecule has 19 heavy (non-hydrogen) atoms. The Morgan fingerprint density at radius 1 is 1.74 bits per heavy atom. The van der Waals surface area contributed by atoms with Crippen molar-refractivity contribution in [3.05, 3.63) is 23.2 Å². The first-order valence-electron chi connectivity index (χ1n) is 5.98. The van der Waals surface area contributed by atoms with Crippen LogP contribution in [0, 0.1) is 18.3 Å². The van der Waals surface area contributed by atoms with Crippen LogP contribution < -0.4 is 11.3 Å². The number of amides is 1. The summed E-state index contributed by atoms with van der Waals surface area (Å²) < 4.78 is 10.7. The minimum absolute atomic E-state index is 0.225. The van der Waals surface area contributed by atoms with E-state index >= 15 is 0 Å². The standard InChI is InChI=1S/C12H16N4O3/c1-8-4-9(19-11(8)12(17)15-14)6-16-2-3-18-10(5-13)7-16/h4,10H,2-3,6-7,14H2,1H3,(H,15,17). The zero-order valence-electron chi connectivity index (χ0n) is 10.7. The number of nitrogen functional groups attached to an aromatic ring is 1. The van der Waals surface area contributed by atoms with Gasteiger partial charge in [-0.3, -0.25) is 15.1 Å². The van der Waals surface area contributed by atoms with Crippen molar-refractivity contribution >= 4 is 5.91 Å². The predicted octanol–water partition coefficient (Wildman–Crippen LogP) is -0.0841. The molecule has 1 aliphatic rings. The third-order valence-electron chi connectivity index (χ3n) is 2.98. The molecule has 7 heteroatoms. The summed E-state index contributed by atoms with van der Waals surface area (Å²) in [5.41, 5.74) is 2.78. The van der Waals surface area contributed by atoms with Gasteiger partial charge in [0, 0.05) is 18.7 Å². The Balaban J connectivity index is 2.03. The van der Waals surface area contributed by atoms with Crippen LogP contribution in [0.25, 0.3) is 0 Å². The molecule has 0 saturated carbocycles. The lowest BCUT2D eigenvalue weighted by Crippen LogP contribution is -2.41.